The van der Waals surface area contributed by atoms with Crippen molar-refractivity contribution in [2.45, 2.75) is 25.2 Å². The van der Waals surface area contributed by atoms with E-state index in [1.54, 1.807) is 0 Å². The fourth-order valence-corrected chi connectivity index (χ4v) is 2.74. The molecule has 100 valence electrons. The van der Waals surface area contributed by atoms with Crippen LogP contribution >= 0.6 is 0 Å². The van der Waals surface area contributed by atoms with Crippen molar-refractivity contribution in [2.75, 3.05) is 0 Å². The summed E-state index contributed by atoms with van der Waals surface area (Å²) >= 11 is 0. The number of benzene rings is 1. The van der Waals surface area contributed by atoms with Gasteiger partial charge in [-0.25, -0.2) is 0 Å². The minimum absolute atomic E-state index is 0.113. The smallest absolute Gasteiger partial charge is 0.0346 e. The van der Waals surface area contributed by atoms with Crippen molar-refractivity contribution in [3.63, 3.8) is 0 Å². The maximum atomic E-state index is 4.21. The third kappa shape index (κ3) is 2.57. The van der Waals surface area contributed by atoms with Crippen molar-refractivity contribution < 1.29 is 0 Å². The number of aromatic nitrogens is 1. The second kappa shape index (κ2) is 5.46. The van der Waals surface area contributed by atoms with Crippen LogP contribution in [0.25, 0.3) is 11.1 Å². The third-order valence-electron chi connectivity index (χ3n) is 4.06. The van der Waals surface area contributed by atoms with Crippen LogP contribution in [0.1, 0.15) is 25.3 Å². The second-order valence-corrected chi connectivity index (χ2v) is 5.57. The second-order valence-electron chi connectivity index (χ2n) is 5.57. The molecule has 0 amide bonds. The first-order valence-electron chi connectivity index (χ1n) is 7.13. The van der Waals surface area contributed by atoms with Gasteiger partial charge in [0.05, 0.1) is 0 Å². The Balaban J connectivity index is 1.99. The molecule has 0 spiro atoms. The Morgan fingerprint density at radius 1 is 1.05 bits per heavy atom. The minimum Gasteiger partial charge on any atom is -0.264 e. The number of rotatable bonds is 2. The number of pyridine rings is 1. The van der Waals surface area contributed by atoms with E-state index in [0.717, 1.165) is 12.8 Å². The highest BCUT2D eigenvalue weighted by Crippen LogP contribution is 2.34. The molecule has 1 aromatic carbocycles. The normalized spacial score (nSPS) is 21.6. The molecule has 20 heavy (non-hydrogen) atoms. The molecule has 0 saturated heterocycles. The predicted octanol–water partition coefficient (Wildman–Crippen LogP) is 4.91. The van der Waals surface area contributed by atoms with E-state index in [0.29, 0.717) is 0 Å². The molecule has 3 rings (SSSR count). The average Bonchev–Trinajstić information content (AvgIpc) is 2.74. The zero-order valence-electron chi connectivity index (χ0n) is 11.8. The van der Waals surface area contributed by atoms with Gasteiger partial charge in [0.15, 0.2) is 0 Å². The monoisotopic (exact) mass is 261 g/mol. The highest BCUT2D eigenvalue weighted by Gasteiger charge is 2.23. The molecule has 1 unspecified atom stereocenters. The molecule has 0 N–H and O–H groups in total. The van der Waals surface area contributed by atoms with Crippen LogP contribution in [0.5, 0.6) is 0 Å². The van der Waals surface area contributed by atoms with E-state index in [1.165, 1.54) is 16.7 Å². The quantitative estimate of drug-likeness (QED) is 0.748. The first-order chi connectivity index (χ1) is 9.78. The zero-order chi connectivity index (χ0) is 13.8. The van der Waals surface area contributed by atoms with E-state index in [1.807, 2.05) is 18.5 Å². The Bertz CT molecular complexity index is 640. The highest BCUT2D eigenvalue weighted by atomic mass is 14.6. The molecule has 1 atom stereocenters. The number of nitrogens with zero attached hydrogens (tertiary/aromatic N) is 1. The van der Waals surface area contributed by atoms with Crippen molar-refractivity contribution in [1.82, 2.24) is 4.98 Å². The van der Waals surface area contributed by atoms with Gasteiger partial charge in [0, 0.05) is 17.8 Å². The molecule has 0 bridgehead atoms. The maximum Gasteiger partial charge on any atom is 0.0346 e. The lowest BCUT2D eigenvalue weighted by molar-refractivity contribution is 0.549. The molecular weight excluding hydrogens is 242 g/mol. The van der Waals surface area contributed by atoms with Gasteiger partial charge < -0.3 is 0 Å². The van der Waals surface area contributed by atoms with Crippen molar-refractivity contribution in [3.05, 3.63) is 78.7 Å². The predicted molar refractivity (Wildman–Crippen MR) is 84.5 cm³/mol. The zero-order valence-corrected chi connectivity index (χ0v) is 11.8. The van der Waals surface area contributed by atoms with Crippen molar-refractivity contribution in [1.29, 1.82) is 0 Å². The van der Waals surface area contributed by atoms with Gasteiger partial charge in [-0.3, -0.25) is 4.98 Å². The number of allylic oxidation sites excluding steroid dienone is 4. The van der Waals surface area contributed by atoms with E-state index < -0.39 is 0 Å². The van der Waals surface area contributed by atoms with Crippen LogP contribution in [-0.4, -0.2) is 4.98 Å². The molecule has 1 aromatic heterocycles. The number of hydrogen-bond donors (Lipinski definition) is 0. The van der Waals surface area contributed by atoms with Gasteiger partial charge in [0.25, 0.3) is 0 Å². The molecule has 0 fully saturated rings. The highest BCUT2D eigenvalue weighted by molar-refractivity contribution is 5.63. The average molecular weight is 261 g/mol. The first-order valence-corrected chi connectivity index (χ1v) is 7.13. The van der Waals surface area contributed by atoms with E-state index in [-0.39, 0.29) is 5.41 Å². The third-order valence-corrected chi connectivity index (χ3v) is 4.06. The fourth-order valence-electron chi connectivity index (χ4n) is 2.74. The Morgan fingerprint density at radius 3 is 2.80 bits per heavy atom. The standard InChI is InChI=1S/C19H19N/c1-19(11-4-2-3-5-12-19)18-10-6-8-16(14-18)17-9-7-13-20-15-17/h2-4,6-11,13-15H,5,12H2,1H3. The van der Waals surface area contributed by atoms with E-state index in [2.05, 4.69) is 66.5 Å². The molecule has 1 heteroatoms. The van der Waals surface area contributed by atoms with Crippen molar-refractivity contribution >= 4 is 0 Å². The van der Waals surface area contributed by atoms with E-state index in [4.69, 9.17) is 0 Å². The molecule has 1 heterocycles. The van der Waals surface area contributed by atoms with Crippen LogP contribution in [0.4, 0.5) is 0 Å². The van der Waals surface area contributed by atoms with Gasteiger partial charge in [-0.05, 0) is 35.6 Å². The molecule has 1 aliphatic rings. The fraction of sp³-hybridized carbons (Fsp3) is 0.211. The molecule has 1 nitrogen and oxygen atoms in total. The number of hydrogen-bond acceptors (Lipinski definition) is 1. The van der Waals surface area contributed by atoms with Crippen LogP contribution < -0.4 is 0 Å². The summed E-state index contributed by atoms with van der Waals surface area (Å²) in [5.74, 6) is 0. The van der Waals surface area contributed by atoms with Crippen LogP contribution in [-0.2, 0) is 5.41 Å². The van der Waals surface area contributed by atoms with Gasteiger partial charge in [-0.15, -0.1) is 0 Å². The summed E-state index contributed by atoms with van der Waals surface area (Å²) in [5, 5.41) is 0. The molecule has 0 radical (unpaired) electrons. The lowest BCUT2D eigenvalue weighted by Crippen LogP contribution is -2.18. The molecule has 0 saturated carbocycles. The molecular formula is C19H19N. The summed E-state index contributed by atoms with van der Waals surface area (Å²) in [6.07, 6.45) is 14.9. The summed E-state index contributed by atoms with van der Waals surface area (Å²) < 4.78 is 0. The lowest BCUT2D eigenvalue weighted by atomic mass is 9.78. The van der Waals surface area contributed by atoms with Gasteiger partial charge in [-0.2, -0.15) is 0 Å². The molecule has 0 aliphatic heterocycles. The first kappa shape index (κ1) is 12.9. The van der Waals surface area contributed by atoms with Gasteiger partial charge in [-0.1, -0.05) is 61.6 Å². The summed E-state index contributed by atoms with van der Waals surface area (Å²) in [4.78, 5) is 4.21. The van der Waals surface area contributed by atoms with E-state index >= 15 is 0 Å². The van der Waals surface area contributed by atoms with Crippen molar-refractivity contribution in [3.8, 4) is 11.1 Å². The molecule has 1 aliphatic carbocycles. The summed E-state index contributed by atoms with van der Waals surface area (Å²) in [5.41, 5.74) is 3.90. The Kier molecular flexibility index (Phi) is 3.51. The Hall–Kier alpha value is -2.15. The Labute approximate surface area is 120 Å². The van der Waals surface area contributed by atoms with Gasteiger partial charge in [0.1, 0.15) is 0 Å². The summed E-state index contributed by atoms with van der Waals surface area (Å²) in [7, 11) is 0. The lowest BCUT2D eigenvalue weighted by Gasteiger charge is -2.26. The molecule has 2 aromatic rings. The SMILES string of the molecule is CC1(c2cccc(-c3cccnc3)c2)C=CC=CCC1. The topological polar surface area (TPSA) is 12.9 Å². The van der Waals surface area contributed by atoms with Crippen LogP contribution in [0, 0.1) is 0 Å². The van der Waals surface area contributed by atoms with Crippen LogP contribution in [0.3, 0.4) is 0 Å². The largest absolute Gasteiger partial charge is 0.264 e. The van der Waals surface area contributed by atoms with Gasteiger partial charge in [0.2, 0.25) is 0 Å². The van der Waals surface area contributed by atoms with Crippen LogP contribution in [0.15, 0.2) is 73.1 Å². The van der Waals surface area contributed by atoms with Gasteiger partial charge >= 0.3 is 0 Å². The van der Waals surface area contributed by atoms with E-state index in [9.17, 15) is 0 Å². The maximum absolute atomic E-state index is 4.21. The summed E-state index contributed by atoms with van der Waals surface area (Å²) in [6, 6.07) is 12.9. The van der Waals surface area contributed by atoms with Crippen LogP contribution in [0.2, 0.25) is 0 Å². The summed E-state index contributed by atoms with van der Waals surface area (Å²) in [6.45, 7) is 2.32. The van der Waals surface area contributed by atoms with Crippen molar-refractivity contribution in [2.24, 2.45) is 0 Å². The Morgan fingerprint density at radius 2 is 1.95 bits per heavy atom. The minimum atomic E-state index is 0.113.